The van der Waals surface area contributed by atoms with Crippen LogP contribution in [0.3, 0.4) is 0 Å². The van der Waals surface area contributed by atoms with Crippen LogP contribution in [0.2, 0.25) is 0 Å². The van der Waals surface area contributed by atoms with E-state index in [0.29, 0.717) is 19.8 Å². The first-order valence-corrected chi connectivity index (χ1v) is 9.63. The Morgan fingerprint density at radius 2 is 1.77 bits per heavy atom. The van der Waals surface area contributed by atoms with Gasteiger partial charge in [0.2, 0.25) is 0 Å². The Morgan fingerprint density at radius 1 is 1.12 bits per heavy atom. The van der Waals surface area contributed by atoms with Crippen molar-refractivity contribution in [1.82, 2.24) is 4.98 Å². The fourth-order valence-electron chi connectivity index (χ4n) is 2.38. The number of ether oxygens (including phenoxy) is 2. The van der Waals surface area contributed by atoms with Gasteiger partial charge in [0.1, 0.15) is 0 Å². The van der Waals surface area contributed by atoms with Gasteiger partial charge >= 0.3 is 0 Å². The van der Waals surface area contributed by atoms with Crippen LogP contribution in [0.5, 0.6) is 0 Å². The molecule has 0 saturated heterocycles. The average molecular weight is 502 g/mol. The average Bonchev–Trinajstić information content (AvgIpc) is 2.91. The van der Waals surface area contributed by atoms with Gasteiger partial charge in [0.15, 0.2) is 0 Å². The van der Waals surface area contributed by atoms with Crippen LogP contribution in [-0.2, 0) is 48.6 Å². The van der Waals surface area contributed by atoms with Crippen molar-refractivity contribution < 1.29 is 42.2 Å². The molecule has 1 aromatic carbocycles. The van der Waals surface area contributed by atoms with Crippen molar-refractivity contribution in [3.8, 4) is 0 Å². The molecule has 2 rings (SSSR count). The number of aryl methyl sites for hydroxylation is 1. The predicted molar refractivity (Wildman–Crippen MR) is 112 cm³/mol. The Labute approximate surface area is 193 Å². The molecule has 1 heterocycles. The molecule has 0 aliphatic rings. The molecule has 2 aromatic rings. The van der Waals surface area contributed by atoms with Crippen LogP contribution in [0.4, 0.5) is 0 Å². The van der Waals surface area contributed by atoms with E-state index >= 15 is 0 Å². The third-order valence-electron chi connectivity index (χ3n) is 3.55. The van der Waals surface area contributed by atoms with Crippen LogP contribution in [0.1, 0.15) is 24.1 Å². The van der Waals surface area contributed by atoms with Gasteiger partial charge in [-0.3, -0.25) is 0 Å². The van der Waals surface area contributed by atoms with E-state index in [9.17, 15) is 0 Å². The Balaban J connectivity index is 0. The van der Waals surface area contributed by atoms with Gasteiger partial charge in [-0.15, -0.1) is 0 Å². The third kappa shape index (κ3) is 11.2. The maximum absolute atomic E-state index is 5.57. The van der Waals surface area contributed by atoms with Gasteiger partial charge < -0.3 is 34.5 Å². The molecule has 0 fully saturated rings. The number of para-hydroxylation sites is 1. The zero-order valence-corrected chi connectivity index (χ0v) is 20.7. The molecule has 1 aromatic heterocycles. The van der Waals surface area contributed by atoms with Crippen molar-refractivity contribution >= 4 is 26.8 Å². The van der Waals surface area contributed by atoms with E-state index in [1.54, 1.807) is 0 Å². The quantitative estimate of drug-likeness (QED) is 0.287. The van der Waals surface area contributed by atoms with Crippen LogP contribution >= 0.6 is 15.9 Å². The normalized spacial score (nSPS) is 9.85. The molecule has 26 heavy (non-hydrogen) atoms. The summed E-state index contributed by atoms with van der Waals surface area (Å²) in [7, 11) is 0. The van der Waals surface area contributed by atoms with Gasteiger partial charge in [-0.2, -0.15) is 6.42 Å². The second-order valence-electron chi connectivity index (χ2n) is 5.43. The number of alkyl halides is 1. The van der Waals surface area contributed by atoms with Gasteiger partial charge in [0.05, 0.1) is 19.8 Å². The van der Waals surface area contributed by atoms with Gasteiger partial charge in [0.25, 0.3) is 0 Å². The molecule has 4 nitrogen and oxygen atoms in total. The van der Waals surface area contributed by atoms with E-state index in [2.05, 4.69) is 53.0 Å². The van der Waals surface area contributed by atoms with Gasteiger partial charge in [0, 0.05) is 61.2 Å². The standard InChI is InChI=1S/C11H14N2.C8H16BrO2.CH3.Y/c1-8-9(6-7-12)10-4-2-3-5-11(10)13-8;1-2-3-5-10-7-8-11-6-4-9;;/h2-5,13H,6-7,12H2,1H3;1-8H2;1H3;/q;2*-1;. The number of nitrogens with one attached hydrogen (secondary N) is 1. The summed E-state index contributed by atoms with van der Waals surface area (Å²) < 4.78 is 10.4. The van der Waals surface area contributed by atoms with E-state index < -0.39 is 0 Å². The number of unbranched alkanes of at least 4 members (excludes halogenated alkanes) is 1. The predicted octanol–water partition coefficient (Wildman–Crippen LogP) is 4.45. The molecule has 3 N–H and O–H groups in total. The molecular formula is C20H33BrN2O2Y-2. The molecule has 0 atom stereocenters. The van der Waals surface area contributed by atoms with Crippen molar-refractivity contribution in [2.75, 3.05) is 38.3 Å². The fourth-order valence-corrected chi connectivity index (χ4v) is 2.61. The van der Waals surface area contributed by atoms with E-state index in [0.717, 1.165) is 37.8 Å². The fraction of sp³-hybridized carbons (Fsp3) is 0.500. The maximum atomic E-state index is 5.57. The smallest absolute Gasteiger partial charge is 0.0700 e. The van der Waals surface area contributed by atoms with Crippen molar-refractivity contribution in [3.05, 3.63) is 49.9 Å². The number of H-pyrrole nitrogens is 1. The van der Waals surface area contributed by atoms with E-state index in [1.165, 1.54) is 22.2 Å². The van der Waals surface area contributed by atoms with Crippen LogP contribution < -0.4 is 5.73 Å². The summed E-state index contributed by atoms with van der Waals surface area (Å²) in [5, 5.41) is 2.21. The largest absolute Gasteiger partial charge is 0.379 e. The first kappa shape index (κ1) is 28.4. The molecule has 6 heteroatoms. The molecular weight excluding hydrogens is 469 g/mol. The molecule has 0 aliphatic carbocycles. The number of rotatable bonds is 10. The van der Waals surface area contributed by atoms with Crippen LogP contribution in [-0.4, -0.2) is 43.3 Å². The molecule has 1 radical (unpaired) electrons. The number of nitrogens with two attached hydrogens (primary N) is 1. The van der Waals surface area contributed by atoms with Crippen molar-refractivity contribution in [3.63, 3.8) is 0 Å². The maximum Gasteiger partial charge on any atom is 0.0700 e. The number of hydrogen-bond acceptors (Lipinski definition) is 3. The van der Waals surface area contributed by atoms with Gasteiger partial charge in [-0.25, -0.2) is 0 Å². The topological polar surface area (TPSA) is 60.3 Å². The summed E-state index contributed by atoms with van der Waals surface area (Å²) in [6.07, 6.45) is 2.94. The molecule has 0 unspecified atom stereocenters. The van der Waals surface area contributed by atoms with E-state index in [1.807, 2.05) is 6.07 Å². The van der Waals surface area contributed by atoms with Crippen LogP contribution in [0.15, 0.2) is 24.3 Å². The Bertz CT molecular complexity index is 556. The zero-order chi connectivity index (χ0) is 17.6. The van der Waals surface area contributed by atoms with Crippen molar-refractivity contribution in [1.29, 1.82) is 0 Å². The second kappa shape index (κ2) is 18.6. The molecule has 0 spiro atoms. The Morgan fingerprint density at radius 3 is 2.38 bits per heavy atom. The number of benzene rings is 1. The van der Waals surface area contributed by atoms with Crippen molar-refractivity contribution in [2.24, 2.45) is 5.73 Å². The minimum Gasteiger partial charge on any atom is -0.379 e. The zero-order valence-electron chi connectivity index (χ0n) is 16.2. The van der Waals surface area contributed by atoms with Crippen LogP contribution in [0, 0.1) is 21.3 Å². The summed E-state index contributed by atoms with van der Waals surface area (Å²) in [5.74, 6) is 0. The summed E-state index contributed by atoms with van der Waals surface area (Å²) in [6, 6.07) is 8.35. The summed E-state index contributed by atoms with van der Waals surface area (Å²) in [6.45, 7) is 9.50. The number of aromatic amines is 1. The number of fused-ring (bicyclic) bond motifs is 1. The number of halogens is 1. The first-order chi connectivity index (χ1) is 11.7. The molecule has 0 bridgehead atoms. The minimum absolute atomic E-state index is 0. The third-order valence-corrected chi connectivity index (χ3v) is 3.88. The monoisotopic (exact) mass is 501 g/mol. The second-order valence-corrected chi connectivity index (χ2v) is 6.23. The number of aromatic nitrogens is 1. The Hall–Kier alpha value is 0.224. The van der Waals surface area contributed by atoms with E-state index in [-0.39, 0.29) is 40.1 Å². The summed E-state index contributed by atoms with van der Waals surface area (Å²) >= 11 is 3.27. The van der Waals surface area contributed by atoms with Gasteiger partial charge in [-0.05, 0) is 31.5 Å². The van der Waals surface area contributed by atoms with E-state index in [4.69, 9.17) is 15.2 Å². The summed E-state index contributed by atoms with van der Waals surface area (Å²) in [5.41, 5.74) is 9.38. The minimum atomic E-state index is 0. The SMILES string of the molecule is Cc1[nH]c2ccccc2c1CCN.[CH2-]CCCOCCOCCBr.[CH3-].[Y]. The molecule has 0 saturated carbocycles. The number of hydrogen-bond donors (Lipinski definition) is 2. The van der Waals surface area contributed by atoms with Crippen molar-refractivity contribution in [2.45, 2.75) is 26.2 Å². The first-order valence-electron chi connectivity index (χ1n) is 8.51. The van der Waals surface area contributed by atoms with Gasteiger partial charge in [-0.1, -0.05) is 40.5 Å². The summed E-state index contributed by atoms with van der Waals surface area (Å²) in [4.78, 5) is 3.36. The molecule has 0 amide bonds. The van der Waals surface area contributed by atoms with Crippen LogP contribution in [0.25, 0.3) is 10.9 Å². The molecule has 0 aliphatic heterocycles. The Kier molecular flexibility index (Phi) is 20.3. The molecule has 147 valence electrons.